The number of benzene rings is 2. The van der Waals surface area contributed by atoms with E-state index in [1.165, 1.54) is 6.07 Å². The summed E-state index contributed by atoms with van der Waals surface area (Å²) in [4.78, 5) is 27.4. The van der Waals surface area contributed by atoms with Gasteiger partial charge >= 0.3 is 0 Å². The quantitative estimate of drug-likeness (QED) is 0.381. The molecule has 0 saturated carbocycles. The van der Waals surface area contributed by atoms with Crippen LogP contribution < -0.4 is 10.6 Å². The van der Waals surface area contributed by atoms with Crippen molar-refractivity contribution in [1.29, 1.82) is 0 Å². The predicted molar refractivity (Wildman–Crippen MR) is 105 cm³/mol. The Balaban J connectivity index is 1.63. The fourth-order valence-electron chi connectivity index (χ4n) is 2.72. The molecular weight excluding hydrogens is 368 g/mol. The molecule has 1 amide bonds. The number of hydrogen-bond acceptors (Lipinski definition) is 5. The molecule has 3 aromatic rings. The largest absolute Gasteiger partial charge is 0.378 e. The van der Waals surface area contributed by atoms with Gasteiger partial charge in [-0.1, -0.05) is 29.8 Å². The Labute approximate surface area is 160 Å². The number of nitro benzene ring substituents is 1. The summed E-state index contributed by atoms with van der Waals surface area (Å²) in [6.07, 6.45) is 0. The summed E-state index contributed by atoms with van der Waals surface area (Å²) in [6.45, 7) is 2.43. The number of carbonyl (C=O) groups is 1. The summed E-state index contributed by atoms with van der Waals surface area (Å²) in [6, 6.07) is 13.5. The van der Waals surface area contributed by atoms with Gasteiger partial charge in [0.2, 0.25) is 0 Å². The number of pyridine rings is 1. The van der Waals surface area contributed by atoms with E-state index in [9.17, 15) is 14.9 Å². The summed E-state index contributed by atoms with van der Waals surface area (Å²) in [5.74, 6) is -0.249. The number of halogens is 1. The molecule has 0 fully saturated rings. The number of carbonyl (C=O) groups excluding carboxylic acids is 1. The summed E-state index contributed by atoms with van der Waals surface area (Å²) in [5.41, 5.74) is 2.23. The number of nitrogens with zero attached hydrogens (tertiary/aromatic N) is 2. The van der Waals surface area contributed by atoms with E-state index >= 15 is 0 Å². The molecule has 1 heterocycles. The van der Waals surface area contributed by atoms with Gasteiger partial charge in [-0.05, 0) is 31.2 Å². The van der Waals surface area contributed by atoms with Crippen LogP contribution in [0.15, 0.2) is 48.5 Å². The third kappa shape index (κ3) is 4.32. The maximum atomic E-state index is 12.4. The summed E-state index contributed by atoms with van der Waals surface area (Å²) >= 11 is 5.97. The number of nitrogens with one attached hydrogen (secondary N) is 2. The SMILES string of the molecule is Cc1nc2cc(Cl)ccc2cc1C(=O)NCCNc1ccccc1[N+](=O)[O-]. The van der Waals surface area contributed by atoms with Gasteiger partial charge in [-0.2, -0.15) is 0 Å². The van der Waals surface area contributed by atoms with E-state index < -0.39 is 4.92 Å². The smallest absolute Gasteiger partial charge is 0.292 e. The Kier molecular flexibility index (Phi) is 5.52. The number of rotatable bonds is 6. The zero-order chi connectivity index (χ0) is 19.4. The van der Waals surface area contributed by atoms with E-state index in [1.54, 1.807) is 43.3 Å². The predicted octanol–water partition coefficient (Wildman–Crippen LogP) is 3.95. The second kappa shape index (κ2) is 8.01. The van der Waals surface area contributed by atoms with Crippen LogP contribution in [0.1, 0.15) is 16.1 Å². The fraction of sp³-hybridized carbons (Fsp3) is 0.158. The molecule has 2 N–H and O–H groups in total. The van der Waals surface area contributed by atoms with Crippen molar-refractivity contribution in [2.24, 2.45) is 0 Å². The number of fused-ring (bicyclic) bond motifs is 1. The molecule has 0 radical (unpaired) electrons. The number of nitro groups is 1. The first kappa shape index (κ1) is 18.6. The highest BCUT2D eigenvalue weighted by molar-refractivity contribution is 6.31. The molecule has 0 unspecified atom stereocenters. The zero-order valence-electron chi connectivity index (χ0n) is 14.5. The molecule has 8 heteroatoms. The van der Waals surface area contributed by atoms with Crippen LogP contribution in [0.25, 0.3) is 10.9 Å². The normalized spacial score (nSPS) is 10.6. The van der Waals surface area contributed by atoms with E-state index in [1.807, 2.05) is 6.07 Å². The number of anilines is 1. The third-order valence-corrected chi connectivity index (χ3v) is 4.28. The molecule has 0 saturated heterocycles. The molecule has 0 aliphatic rings. The Bertz CT molecular complexity index is 1020. The van der Waals surface area contributed by atoms with Crippen LogP contribution in [0.2, 0.25) is 5.02 Å². The van der Waals surface area contributed by atoms with E-state index in [-0.39, 0.29) is 11.6 Å². The van der Waals surface area contributed by atoms with Gasteiger partial charge in [-0.3, -0.25) is 19.9 Å². The lowest BCUT2D eigenvalue weighted by molar-refractivity contribution is -0.384. The molecule has 138 valence electrons. The lowest BCUT2D eigenvalue weighted by Crippen LogP contribution is -2.29. The van der Waals surface area contributed by atoms with Crippen molar-refractivity contribution in [3.05, 3.63) is 74.9 Å². The van der Waals surface area contributed by atoms with Crippen molar-refractivity contribution in [3.8, 4) is 0 Å². The van der Waals surface area contributed by atoms with E-state index in [2.05, 4.69) is 15.6 Å². The van der Waals surface area contributed by atoms with Crippen LogP contribution in [-0.2, 0) is 0 Å². The molecule has 2 aromatic carbocycles. The highest BCUT2D eigenvalue weighted by Gasteiger charge is 2.13. The average Bonchev–Trinajstić information content (AvgIpc) is 2.64. The molecule has 1 aromatic heterocycles. The Morgan fingerprint density at radius 3 is 2.74 bits per heavy atom. The summed E-state index contributed by atoms with van der Waals surface area (Å²) in [5, 5.41) is 18.2. The van der Waals surface area contributed by atoms with E-state index in [0.29, 0.717) is 35.1 Å². The second-order valence-corrected chi connectivity index (χ2v) is 6.35. The number of para-hydroxylation sites is 2. The third-order valence-electron chi connectivity index (χ3n) is 4.04. The van der Waals surface area contributed by atoms with Crippen molar-refractivity contribution in [1.82, 2.24) is 10.3 Å². The van der Waals surface area contributed by atoms with E-state index in [4.69, 9.17) is 11.6 Å². The molecular formula is C19H17ClN4O3. The van der Waals surface area contributed by atoms with Gasteiger partial charge in [-0.15, -0.1) is 0 Å². The second-order valence-electron chi connectivity index (χ2n) is 5.92. The first-order valence-electron chi connectivity index (χ1n) is 8.28. The molecule has 7 nitrogen and oxygen atoms in total. The van der Waals surface area contributed by atoms with Crippen molar-refractivity contribution in [2.75, 3.05) is 18.4 Å². The first-order valence-corrected chi connectivity index (χ1v) is 8.66. The van der Waals surface area contributed by atoms with Crippen molar-refractivity contribution in [3.63, 3.8) is 0 Å². The minimum Gasteiger partial charge on any atom is -0.378 e. The van der Waals surface area contributed by atoms with Crippen LogP contribution in [0, 0.1) is 17.0 Å². The van der Waals surface area contributed by atoms with Gasteiger partial charge < -0.3 is 10.6 Å². The van der Waals surface area contributed by atoms with Gasteiger partial charge in [0.05, 0.1) is 21.7 Å². The van der Waals surface area contributed by atoms with Crippen LogP contribution in [0.3, 0.4) is 0 Å². The van der Waals surface area contributed by atoms with Crippen LogP contribution in [-0.4, -0.2) is 28.9 Å². The van der Waals surface area contributed by atoms with Crippen molar-refractivity contribution >= 4 is 39.8 Å². The fourth-order valence-corrected chi connectivity index (χ4v) is 2.88. The minimum absolute atomic E-state index is 0.00272. The average molecular weight is 385 g/mol. The minimum atomic E-state index is -0.447. The molecule has 0 aliphatic carbocycles. The molecule has 0 bridgehead atoms. The van der Waals surface area contributed by atoms with Crippen molar-refractivity contribution in [2.45, 2.75) is 6.92 Å². The highest BCUT2D eigenvalue weighted by atomic mass is 35.5. The lowest BCUT2D eigenvalue weighted by Gasteiger charge is -2.10. The number of aryl methyl sites for hydroxylation is 1. The lowest BCUT2D eigenvalue weighted by atomic mass is 10.1. The maximum absolute atomic E-state index is 12.4. The topological polar surface area (TPSA) is 97.2 Å². The molecule has 3 rings (SSSR count). The number of hydrogen-bond donors (Lipinski definition) is 2. The van der Waals surface area contributed by atoms with Gasteiger partial charge in [0.15, 0.2) is 0 Å². The Morgan fingerprint density at radius 2 is 1.96 bits per heavy atom. The summed E-state index contributed by atoms with van der Waals surface area (Å²) in [7, 11) is 0. The maximum Gasteiger partial charge on any atom is 0.292 e. The molecule has 0 spiro atoms. The standard InChI is InChI=1S/C19H17ClN4O3/c1-12-15(10-13-6-7-14(20)11-17(13)23-12)19(25)22-9-8-21-16-4-2-3-5-18(16)24(26)27/h2-7,10-11,21H,8-9H2,1H3,(H,22,25). The van der Waals surface area contributed by atoms with Crippen molar-refractivity contribution < 1.29 is 9.72 Å². The molecule has 0 atom stereocenters. The van der Waals surface area contributed by atoms with E-state index in [0.717, 1.165) is 10.9 Å². The monoisotopic (exact) mass is 384 g/mol. The first-order chi connectivity index (χ1) is 13.0. The number of amides is 1. The number of aromatic nitrogens is 1. The zero-order valence-corrected chi connectivity index (χ0v) is 15.3. The van der Waals surface area contributed by atoms with Gasteiger partial charge in [-0.25, -0.2) is 0 Å². The van der Waals surface area contributed by atoms with Crippen LogP contribution >= 0.6 is 11.6 Å². The molecule has 27 heavy (non-hydrogen) atoms. The van der Waals surface area contributed by atoms with Gasteiger partial charge in [0.25, 0.3) is 11.6 Å². The van der Waals surface area contributed by atoms with Gasteiger partial charge in [0, 0.05) is 29.6 Å². The Hall–Kier alpha value is -3.19. The van der Waals surface area contributed by atoms with Crippen LogP contribution in [0.4, 0.5) is 11.4 Å². The van der Waals surface area contributed by atoms with Crippen LogP contribution in [0.5, 0.6) is 0 Å². The highest BCUT2D eigenvalue weighted by Crippen LogP contribution is 2.23. The van der Waals surface area contributed by atoms with Gasteiger partial charge in [0.1, 0.15) is 5.69 Å². The summed E-state index contributed by atoms with van der Waals surface area (Å²) < 4.78 is 0. The molecule has 0 aliphatic heterocycles. The Morgan fingerprint density at radius 1 is 1.19 bits per heavy atom.